The van der Waals surface area contributed by atoms with Gasteiger partial charge in [-0.15, -0.1) is 0 Å². The number of hydrogen-bond acceptors (Lipinski definition) is 2. The molecule has 1 saturated carbocycles. The predicted octanol–water partition coefficient (Wildman–Crippen LogP) is 2.08. The van der Waals surface area contributed by atoms with E-state index in [9.17, 15) is 4.79 Å². The summed E-state index contributed by atoms with van der Waals surface area (Å²) in [5, 5.41) is 0.465. The number of H-pyrrole nitrogens is 1. The van der Waals surface area contributed by atoms with Crippen LogP contribution in [0.15, 0.2) is 11.0 Å². The van der Waals surface area contributed by atoms with Crippen molar-refractivity contribution >= 4 is 11.6 Å². The lowest BCUT2D eigenvalue weighted by molar-refractivity contribution is 0.712. The molecule has 0 aromatic carbocycles. The van der Waals surface area contributed by atoms with Crippen LogP contribution in [0.1, 0.15) is 37.2 Å². The Kier molecular flexibility index (Phi) is 2.36. The summed E-state index contributed by atoms with van der Waals surface area (Å²) in [5.41, 5.74) is 0.630. The van der Waals surface area contributed by atoms with E-state index in [4.69, 9.17) is 11.6 Å². The van der Waals surface area contributed by atoms with E-state index in [1.807, 2.05) is 0 Å². The van der Waals surface area contributed by atoms with Gasteiger partial charge in [-0.2, -0.15) is 0 Å². The molecule has 70 valence electrons. The molecule has 3 nitrogen and oxygen atoms in total. The van der Waals surface area contributed by atoms with E-state index in [2.05, 4.69) is 9.97 Å². The summed E-state index contributed by atoms with van der Waals surface area (Å²) >= 11 is 5.91. The molecular formula is C9H11ClN2O. The van der Waals surface area contributed by atoms with E-state index in [0.29, 0.717) is 11.1 Å². The quantitative estimate of drug-likeness (QED) is 0.703. The molecule has 0 bridgehead atoms. The molecule has 0 aliphatic heterocycles. The van der Waals surface area contributed by atoms with Crippen LogP contribution in [0.2, 0.25) is 5.15 Å². The van der Waals surface area contributed by atoms with Crippen LogP contribution >= 0.6 is 11.6 Å². The molecule has 0 amide bonds. The molecule has 1 heterocycles. The van der Waals surface area contributed by atoms with Crippen molar-refractivity contribution in [3.63, 3.8) is 0 Å². The highest BCUT2D eigenvalue weighted by Gasteiger charge is 2.19. The summed E-state index contributed by atoms with van der Waals surface area (Å²) in [4.78, 5) is 17.0. The molecular weight excluding hydrogens is 188 g/mol. The Balaban J connectivity index is 2.34. The highest BCUT2D eigenvalue weighted by atomic mass is 35.5. The van der Waals surface area contributed by atoms with E-state index >= 15 is 0 Å². The van der Waals surface area contributed by atoms with Crippen molar-refractivity contribution in [2.75, 3.05) is 0 Å². The van der Waals surface area contributed by atoms with Crippen LogP contribution in [0.3, 0.4) is 0 Å². The second kappa shape index (κ2) is 3.50. The number of rotatable bonds is 1. The molecule has 1 aromatic heterocycles. The minimum absolute atomic E-state index is 0.369. The van der Waals surface area contributed by atoms with E-state index < -0.39 is 0 Å². The third-order valence-electron chi connectivity index (χ3n) is 2.59. The summed E-state index contributed by atoms with van der Waals surface area (Å²) in [6.45, 7) is 0. The Morgan fingerprint density at radius 2 is 2.15 bits per heavy atom. The van der Waals surface area contributed by atoms with E-state index in [1.54, 1.807) is 6.20 Å². The molecule has 1 aliphatic carbocycles. The Morgan fingerprint density at radius 3 is 2.77 bits per heavy atom. The average molecular weight is 199 g/mol. The minimum atomic E-state index is -0.369. The third-order valence-corrected chi connectivity index (χ3v) is 2.90. The first-order valence-corrected chi connectivity index (χ1v) is 4.90. The van der Waals surface area contributed by atoms with Gasteiger partial charge in [-0.05, 0) is 18.8 Å². The molecule has 0 saturated heterocycles. The number of hydrogen-bond donors (Lipinski definition) is 1. The molecule has 1 aliphatic rings. The molecule has 0 atom stereocenters. The monoisotopic (exact) mass is 198 g/mol. The van der Waals surface area contributed by atoms with Crippen LogP contribution < -0.4 is 5.69 Å². The van der Waals surface area contributed by atoms with E-state index in [1.165, 1.54) is 12.8 Å². The third kappa shape index (κ3) is 1.75. The van der Waals surface area contributed by atoms with Crippen molar-refractivity contribution in [3.8, 4) is 0 Å². The van der Waals surface area contributed by atoms with Gasteiger partial charge in [0.1, 0.15) is 5.15 Å². The number of aromatic amines is 1. The normalized spacial score (nSPS) is 17.9. The lowest BCUT2D eigenvalue weighted by Crippen LogP contribution is -2.12. The van der Waals surface area contributed by atoms with Gasteiger partial charge >= 0.3 is 5.69 Å². The zero-order chi connectivity index (χ0) is 9.26. The fourth-order valence-corrected chi connectivity index (χ4v) is 2.19. The maximum atomic E-state index is 10.8. The minimum Gasteiger partial charge on any atom is -0.296 e. The molecule has 1 N–H and O–H groups in total. The van der Waals surface area contributed by atoms with Gasteiger partial charge in [-0.25, -0.2) is 9.78 Å². The van der Waals surface area contributed by atoms with Crippen molar-refractivity contribution in [2.24, 2.45) is 0 Å². The second-order valence-corrected chi connectivity index (χ2v) is 3.82. The number of nitrogens with one attached hydrogen (secondary N) is 1. The second-order valence-electron chi connectivity index (χ2n) is 3.44. The first-order chi connectivity index (χ1) is 6.27. The Bertz CT molecular complexity index is 355. The van der Waals surface area contributed by atoms with Crippen LogP contribution in [-0.4, -0.2) is 9.97 Å². The average Bonchev–Trinajstić information content (AvgIpc) is 2.56. The van der Waals surface area contributed by atoms with Crippen molar-refractivity contribution in [3.05, 3.63) is 27.4 Å². The van der Waals surface area contributed by atoms with E-state index in [0.717, 1.165) is 18.4 Å². The Hall–Kier alpha value is -0.830. The number of nitrogens with zero attached hydrogens (tertiary/aromatic N) is 1. The summed E-state index contributed by atoms with van der Waals surface area (Å²) in [6.07, 6.45) is 6.43. The van der Waals surface area contributed by atoms with E-state index in [-0.39, 0.29) is 5.69 Å². The van der Waals surface area contributed by atoms with Crippen LogP contribution in [-0.2, 0) is 0 Å². The Labute approximate surface area is 81.2 Å². The van der Waals surface area contributed by atoms with Gasteiger partial charge in [0.05, 0.1) is 0 Å². The van der Waals surface area contributed by atoms with Gasteiger partial charge in [0, 0.05) is 11.8 Å². The van der Waals surface area contributed by atoms with Crippen molar-refractivity contribution < 1.29 is 0 Å². The highest BCUT2D eigenvalue weighted by molar-refractivity contribution is 6.30. The largest absolute Gasteiger partial charge is 0.346 e. The van der Waals surface area contributed by atoms with Crippen molar-refractivity contribution in [1.82, 2.24) is 9.97 Å². The first-order valence-electron chi connectivity index (χ1n) is 4.52. The van der Waals surface area contributed by atoms with Crippen molar-refractivity contribution in [2.45, 2.75) is 31.6 Å². The summed E-state index contributed by atoms with van der Waals surface area (Å²) in [5.74, 6) is 0.497. The fraction of sp³-hybridized carbons (Fsp3) is 0.556. The zero-order valence-corrected chi connectivity index (χ0v) is 7.97. The van der Waals surface area contributed by atoms with Crippen molar-refractivity contribution in [1.29, 1.82) is 0 Å². The molecule has 0 unspecified atom stereocenters. The van der Waals surface area contributed by atoms with Crippen LogP contribution in [0.5, 0.6) is 0 Å². The molecule has 13 heavy (non-hydrogen) atoms. The fourth-order valence-electron chi connectivity index (χ4n) is 1.90. The summed E-state index contributed by atoms with van der Waals surface area (Å²) in [7, 11) is 0. The summed E-state index contributed by atoms with van der Waals surface area (Å²) < 4.78 is 0. The molecule has 1 fully saturated rings. The maximum Gasteiger partial charge on any atom is 0.346 e. The molecule has 0 radical (unpaired) electrons. The topological polar surface area (TPSA) is 45.8 Å². The summed E-state index contributed by atoms with van der Waals surface area (Å²) in [6, 6.07) is 0. The highest BCUT2D eigenvalue weighted by Crippen LogP contribution is 2.35. The maximum absolute atomic E-state index is 10.8. The van der Waals surface area contributed by atoms with Crippen LogP contribution in [0.4, 0.5) is 0 Å². The molecule has 2 rings (SSSR count). The van der Waals surface area contributed by atoms with Gasteiger partial charge in [0.2, 0.25) is 0 Å². The molecule has 4 heteroatoms. The van der Waals surface area contributed by atoms with Gasteiger partial charge in [0.25, 0.3) is 0 Å². The SMILES string of the molecule is O=c1ncc(C2CCCC2)c(Cl)[nH]1. The standard InChI is InChI=1S/C9H11ClN2O/c10-8-7(5-11-9(13)12-8)6-3-1-2-4-6/h5-6H,1-4H2,(H,11,12,13). The predicted molar refractivity (Wildman–Crippen MR) is 51.1 cm³/mol. The molecule has 0 spiro atoms. The lowest BCUT2D eigenvalue weighted by atomic mass is 10.0. The van der Waals surface area contributed by atoms with Crippen LogP contribution in [0.25, 0.3) is 0 Å². The number of aromatic nitrogens is 2. The number of halogens is 1. The lowest BCUT2D eigenvalue weighted by Gasteiger charge is -2.09. The van der Waals surface area contributed by atoms with Gasteiger partial charge in [-0.1, -0.05) is 24.4 Å². The van der Waals surface area contributed by atoms with Gasteiger partial charge in [-0.3, -0.25) is 4.98 Å². The zero-order valence-electron chi connectivity index (χ0n) is 7.22. The smallest absolute Gasteiger partial charge is 0.296 e. The van der Waals surface area contributed by atoms with Crippen LogP contribution in [0, 0.1) is 0 Å². The van der Waals surface area contributed by atoms with Gasteiger partial charge < -0.3 is 0 Å². The van der Waals surface area contributed by atoms with Gasteiger partial charge in [0.15, 0.2) is 0 Å². The first kappa shape index (κ1) is 8.75. The molecule has 1 aromatic rings. The Morgan fingerprint density at radius 1 is 1.46 bits per heavy atom.